The van der Waals surface area contributed by atoms with Gasteiger partial charge in [-0.25, -0.2) is 0 Å². The molecule has 0 radical (unpaired) electrons. The summed E-state index contributed by atoms with van der Waals surface area (Å²) in [5, 5.41) is 16.5. The van der Waals surface area contributed by atoms with E-state index in [1.807, 2.05) is 0 Å². The van der Waals surface area contributed by atoms with Gasteiger partial charge in [0.1, 0.15) is 0 Å². The van der Waals surface area contributed by atoms with Gasteiger partial charge in [-0.1, -0.05) is 0 Å². The maximum atomic E-state index is 8.25. The van der Waals surface area contributed by atoms with Crippen LogP contribution in [0.3, 0.4) is 0 Å². The van der Waals surface area contributed by atoms with Crippen LogP contribution in [-0.4, -0.2) is 69.1 Å². The molecule has 40 valence electrons. The molecule has 0 bridgehead atoms. The Hall–Kier alpha value is 0.861. The van der Waals surface area contributed by atoms with Crippen molar-refractivity contribution < 1.29 is 24.9 Å². The second-order valence-corrected chi connectivity index (χ2v) is 0.192. The first kappa shape index (κ1) is 23.2. The number of hydrogen-bond acceptors (Lipinski definition) is 4. The molecule has 0 atom stereocenters. The third-order valence-corrected chi connectivity index (χ3v) is 0. The summed E-state index contributed by atoms with van der Waals surface area (Å²) in [6.45, 7) is 0. The molecule has 0 aromatic heterocycles. The third-order valence-electron chi connectivity index (χ3n) is 0. The molecule has 0 aromatic rings. The van der Waals surface area contributed by atoms with Crippen LogP contribution in [0.15, 0.2) is 0 Å². The molecule has 0 unspecified atom stereocenters. The smallest absolute Gasteiger partial charge is 2.00 e. The van der Waals surface area contributed by atoms with Crippen LogP contribution in [-0.2, 0) is 9.41 Å². The zero-order valence-electron chi connectivity index (χ0n) is 3.99. The van der Waals surface area contributed by atoms with E-state index in [-0.39, 0.29) is 54.4 Å². The topological polar surface area (TPSA) is 112 Å². The van der Waals surface area contributed by atoms with Crippen LogP contribution < -0.4 is 10.0 Å². The molecule has 5 nitrogen and oxygen atoms in total. The van der Waals surface area contributed by atoms with Crippen LogP contribution >= 0.6 is 0 Å². The summed E-state index contributed by atoms with van der Waals surface area (Å²) >= 11 is 0. The molecule has 0 aliphatic carbocycles. The van der Waals surface area contributed by atoms with Crippen molar-refractivity contribution in [2.24, 2.45) is 0 Å². The van der Waals surface area contributed by atoms with E-state index in [2.05, 4.69) is 0 Å². The van der Waals surface area contributed by atoms with Gasteiger partial charge in [-0.15, -0.1) is 0 Å². The Bertz CT molecular complexity index is 31.4. The Labute approximate surface area is 87.4 Å². The molecule has 0 heterocycles. The first-order valence-electron chi connectivity index (χ1n) is 0.943. The maximum Gasteiger partial charge on any atom is 2.00 e. The Balaban J connectivity index is -0.0000000160. The van der Waals surface area contributed by atoms with Gasteiger partial charge in [0.15, 0.2) is 0 Å². The quantitative estimate of drug-likeness (QED) is 0.397. The first-order chi connectivity index (χ1) is 2.83. The van der Waals surface area contributed by atoms with Crippen LogP contribution in [0, 0.1) is 0 Å². The van der Waals surface area contributed by atoms with Crippen LogP contribution in [0.5, 0.6) is 0 Å². The molecule has 0 amide bonds. The van der Waals surface area contributed by atoms with Crippen molar-refractivity contribution in [3.05, 3.63) is 0 Å². The first-order valence-corrected chi connectivity index (χ1v) is 0.943. The van der Waals surface area contributed by atoms with Gasteiger partial charge in [0.2, 0.25) is 0 Å². The minimum absolute atomic E-state index is 0. The summed E-state index contributed by atoms with van der Waals surface area (Å²) in [6, 6.07) is 0. The van der Waals surface area contributed by atoms with Crippen molar-refractivity contribution in [1.82, 2.24) is 0 Å². The van der Waals surface area contributed by atoms with Gasteiger partial charge in [-0.3, -0.25) is 0 Å². The van der Waals surface area contributed by atoms with Gasteiger partial charge < -0.3 is 5.48 Å². The monoisotopic (exact) mass is 242 g/mol. The second kappa shape index (κ2) is 45.2. The molecule has 0 spiro atoms. The van der Waals surface area contributed by atoms with E-state index in [0.29, 0.717) is 0 Å². The summed E-state index contributed by atoms with van der Waals surface area (Å²) in [4.78, 5) is 0. The molecule has 0 aliphatic heterocycles. The van der Waals surface area contributed by atoms with Crippen molar-refractivity contribution in [2.75, 3.05) is 0 Å². The van der Waals surface area contributed by atoms with Gasteiger partial charge in [0, 0.05) is 0 Å². The average molecular weight is 241 g/mol. The van der Waals surface area contributed by atoms with Gasteiger partial charge in [0.05, 0.1) is 0 Å². The summed E-state index contributed by atoms with van der Waals surface area (Å²) in [5.41, 5.74) is 0. The molecular weight excluding hydrogens is 239 g/mol. The zero-order valence-corrected chi connectivity index (χ0v) is 8.44. The van der Waals surface area contributed by atoms with Crippen LogP contribution in [0.1, 0.15) is 0 Å². The van der Waals surface area contributed by atoms with Crippen molar-refractivity contribution >= 4 is 63.6 Å². The van der Waals surface area contributed by atoms with Gasteiger partial charge in [-0.2, -0.15) is 0 Å². The number of rotatable bonds is 0. The molecule has 0 fully saturated rings. The van der Waals surface area contributed by atoms with E-state index in [1.54, 1.807) is 0 Å². The summed E-state index contributed by atoms with van der Waals surface area (Å²) in [5.74, 6) is 0. The predicted molar refractivity (Wildman–Crippen MR) is 22.2 cm³/mol. The Morgan fingerprint density at radius 2 is 1.00 bits per heavy atom. The van der Waals surface area contributed by atoms with E-state index in [0.717, 1.165) is 0 Å². The molecule has 2 N–H and O–H groups in total. The Morgan fingerprint density at radius 3 is 1.00 bits per heavy atom. The van der Waals surface area contributed by atoms with E-state index >= 15 is 0 Å². The second-order valence-electron chi connectivity index (χ2n) is 0.192. The maximum absolute atomic E-state index is 8.25. The zero-order chi connectivity index (χ0) is 5.41. The molecule has 0 aliphatic rings. The van der Waals surface area contributed by atoms with Crippen molar-refractivity contribution in [2.45, 2.75) is 0 Å². The normalized spacial score (nSPS) is 2.00. The summed E-state index contributed by atoms with van der Waals surface area (Å²) in [6.07, 6.45) is 0. The van der Waals surface area contributed by atoms with Crippen LogP contribution in [0.25, 0.3) is 0 Å². The molecule has 0 saturated carbocycles. The standard InChI is InChI=1S/2BO2.Ba.H2O/c2*2-1-3;;/h;;;1H2/q2*-1;+2;. The van der Waals surface area contributed by atoms with Crippen molar-refractivity contribution in [1.29, 1.82) is 0 Å². The largest absolute Gasteiger partial charge is 2.00 e. The SMILES string of the molecule is O.O=B[O-].O=B[O-].[Ba+2]. The van der Waals surface area contributed by atoms with E-state index < -0.39 is 14.7 Å². The predicted octanol–water partition coefficient (Wildman–Crippen LogP) is -4.58. The fourth-order valence-corrected chi connectivity index (χ4v) is 0. The molecule has 0 aromatic carbocycles. The molecule has 0 saturated heterocycles. The van der Waals surface area contributed by atoms with E-state index in [1.165, 1.54) is 0 Å². The Morgan fingerprint density at radius 1 is 1.00 bits per heavy atom. The molecule has 8 heavy (non-hydrogen) atoms. The molecule has 0 rings (SSSR count). The molecular formula is H2B2BaO5. The fourth-order valence-electron chi connectivity index (χ4n) is 0. The van der Waals surface area contributed by atoms with Gasteiger partial charge in [-0.05, 0) is 0 Å². The summed E-state index contributed by atoms with van der Waals surface area (Å²) < 4.78 is 16.5. The fraction of sp³-hybridized carbons (Fsp3) is 0. The van der Waals surface area contributed by atoms with Crippen molar-refractivity contribution in [3.8, 4) is 0 Å². The third kappa shape index (κ3) is 318. The van der Waals surface area contributed by atoms with Crippen molar-refractivity contribution in [3.63, 3.8) is 0 Å². The minimum atomic E-state index is -0.500. The molecule has 8 heteroatoms. The number of hydrogen-bond donors (Lipinski definition) is 0. The van der Waals surface area contributed by atoms with Crippen LogP contribution in [0.4, 0.5) is 0 Å². The Kier molecular flexibility index (Phi) is 131. The summed E-state index contributed by atoms with van der Waals surface area (Å²) in [7, 11) is -1.00. The van der Waals surface area contributed by atoms with E-state index in [9.17, 15) is 0 Å². The average Bonchev–Trinajstić information content (AvgIpc) is 1.39. The van der Waals surface area contributed by atoms with E-state index in [4.69, 9.17) is 19.5 Å². The van der Waals surface area contributed by atoms with Gasteiger partial charge >= 0.3 is 83.0 Å². The van der Waals surface area contributed by atoms with Gasteiger partial charge in [0.25, 0.3) is 0 Å². The van der Waals surface area contributed by atoms with Crippen LogP contribution in [0.2, 0.25) is 0 Å². The minimum Gasteiger partial charge on any atom is 2.00 e.